The van der Waals surface area contributed by atoms with Gasteiger partial charge < -0.3 is 10.0 Å². The molecule has 0 aromatic heterocycles. The second kappa shape index (κ2) is 6.70. The molecule has 1 N–H and O–H groups in total. The van der Waals surface area contributed by atoms with Crippen molar-refractivity contribution >= 4 is 33.9 Å². The quantitative estimate of drug-likeness (QED) is 0.863. The zero-order valence-corrected chi connectivity index (χ0v) is 12.5. The van der Waals surface area contributed by atoms with E-state index >= 15 is 0 Å². The average Bonchev–Trinajstić information content (AvgIpc) is 2.45. The predicted octanol–water partition coefficient (Wildman–Crippen LogP) is 2.79. The SMILES string of the molecule is O=C(O)[C@H]1CCCN(C(=O)/C=C/c2cccc(Br)c2)C1. The topological polar surface area (TPSA) is 57.6 Å². The molecule has 106 valence electrons. The number of carboxylic acids is 1. The minimum Gasteiger partial charge on any atom is -0.481 e. The van der Waals surface area contributed by atoms with Crippen LogP contribution in [0.1, 0.15) is 18.4 Å². The van der Waals surface area contributed by atoms with Crippen LogP contribution in [0.3, 0.4) is 0 Å². The van der Waals surface area contributed by atoms with E-state index in [2.05, 4.69) is 15.9 Å². The third-order valence-corrected chi connectivity index (χ3v) is 3.84. The van der Waals surface area contributed by atoms with Crippen molar-refractivity contribution in [1.82, 2.24) is 4.90 Å². The highest BCUT2D eigenvalue weighted by Gasteiger charge is 2.26. The van der Waals surface area contributed by atoms with E-state index in [4.69, 9.17) is 5.11 Å². The van der Waals surface area contributed by atoms with Gasteiger partial charge in [-0.2, -0.15) is 0 Å². The highest BCUT2D eigenvalue weighted by molar-refractivity contribution is 9.10. The fourth-order valence-corrected chi connectivity index (χ4v) is 2.68. The monoisotopic (exact) mass is 337 g/mol. The number of hydrogen-bond acceptors (Lipinski definition) is 2. The molecule has 1 fully saturated rings. The minimum absolute atomic E-state index is 0.129. The van der Waals surface area contributed by atoms with Crippen LogP contribution in [-0.2, 0) is 9.59 Å². The molecular weight excluding hydrogens is 322 g/mol. The van der Waals surface area contributed by atoms with Gasteiger partial charge in [0.1, 0.15) is 0 Å². The normalized spacial score (nSPS) is 19.2. The number of carbonyl (C=O) groups excluding carboxylic acids is 1. The Balaban J connectivity index is 1.99. The lowest BCUT2D eigenvalue weighted by Gasteiger charge is -2.29. The summed E-state index contributed by atoms with van der Waals surface area (Å²) in [4.78, 5) is 24.6. The van der Waals surface area contributed by atoms with Crippen molar-refractivity contribution in [3.05, 3.63) is 40.4 Å². The number of halogens is 1. The fourth-order valence-electron chi connectivity index (χ4n) is 2.26. The first-order chi connectivity index (χ1) is 9.56. The number of amides is 1. The second-order valence-corrected chi connectivity index (χ2v) is 5.77. The van der Waals surface area contributed by atoms with E-state index < -0.39 is 11.9 Å². The Bertz CT molecular complexity index is 542. The number of piperidine rings is 1. The highest BCUT2D eigenvalue weighted by Crippen LogP contribution is 2.17. The summed E-state index contributed by atoms with van der Waals surface area (Å²) < 4.78 is 0.955. The summed E-state index contributed by atoms with van der Waals surface area (Å²) >= 11 is 3.38. The molecule has 1 saturated heterocycles. The number of hydrogen-bond donors (Lipinski definition) is 1. The molecule has 0 saturated carbocycles. The first-order valence-corrected chi connectivity index (χ1v) is 7.31. The lowest BCUT2D eigenvalue weighted by molar-refractivity contribution is -0.144. The Hall–Kier alpha value is -1.62. The molecule has 1 aromatic carbocycles. The maximum Gasteiger partial charge on any atom is 0.308 e. The van der Waals surface area contributed by atoms with E-state index in [1.807, 2.05) is 24.3 Å². The summed E-state index contributed by atoms with van der Waals surface area (Å²) in [5, 5.41) is 9.02. The molecule has 0 aliphatic carbocycles. The Labute approximate surface area is 126 Å². The van der Waals surface area contributed by atoms with Crippen molar-refractivity contribution in [3.8, 4) is 0 Å². The maximum absolute atomic E-state index is 12.1. The maximum atomic E-state index is 12.1. The first-order valence-electron chi connectivity index (χ1n) is 6.51. The molecule has 1 atom stereocenters. The fraction of sp³-hybridized carbons (Fsp3) is 0.333. The van der Waals surface area contributed by atoms with Gasteiger partial charge in [-0.1, -0.05) is 28.1 Å². The number of benzene rings is 1. The van der Waals surface area contributed by atoms with Crippen molar-refractivity contribution < 1.29 is 14.7 Å². The average molecular weight is 338 g/mol. The van der Waals surface area contributed by atoms with Crippen LogP contribution in [0.5, 0.6) is 0 Å². The molecular formula is C15H16BrNO3. The van der Waals surface area contributed by atoms with Crippen LogP contribution in [-0.4, -0.2) is 35.0 Å². The van der Waals surface area contributed by atoms with Crippen molar-refractivity contribution in [1.29, 1.82) is 0 Å². The van der Waals surface area contributed by atoms with Gasteiger partial charge >= 0.3 is 5.97 Å². The summed E-state index contributed by atoms with van der Waals surface area (Å²) in [6.07, 6.45) is 4.64. The summed E-state index contributed by atoms with van der Waals surface area (Å²) in [6, 6.07) is 7.64. The van der Waals surface area contributed by atoms with Crippen molar-refractivity contribution in [2.75, 3.05) is 13.1 Å². The van der Waals surface area contributed by atoms with Gasteiger partial charge in [-0.3, -0.25) is 9.59 Å². The molecule has 1 amide bonds. The number of nitrogens with zero attached hydrogens (tertiary/aromatic N) is 1. The number of aliphatic carboxylic acids is 1. The van der Waals surface area contributed by atoms with E-state index in [1.165, 1.54) is 6.08 Å². The summed E-state index contributed by atoms with van der Waals surface area (Å²) in [6.45, 7) is 0.933. The first kappa shape index (κ1) is 14.8. The highest BCUT2D eigenvalue weighted by atomic mass is 79.9. The summed E-state index contributed by atoms with van der Waals surface area (Å²) in [5.41, 5.74) is 0.930. The summed E-state index contributed by atoms with van der Waals surface area (Å²) in [5.74, 6) is -1.39. The van der Waals surface area contributed by atoms with Crippen LogP contribution in [0, 0.1) is 5.92 Å². The van der Waals surface area contributed by atoms with E-state index in [9.17, 15) is 9.59 Å². The smallest absolute Gasteiger partial charge is 0.308 e. The Morgan fingerprint density at radius 1 is 1.40 bits per heavy atom. The van der Waals surface area contributed by atoms with Gasteiger partial charge in [0.15, 0.2) is 0 Å². The number of carbonyl (C=O) groups is 2. The molecule has 0 unspecified atom stereocenters. The van der Waals surface area contributed by atoms with Crippen molar-refractivity contribution in [3.63, 3.8) is 0 Å². The standard InChI is InChI=1S/C15H16BrNO3/c16-13-5-1-3-11(9-13)6-7-14(18)17-8-2-4-12(10-17)15(19)20/h1,3,5-7,9,12H,2,4,8,10H2,(H,19,20)/b7-6+/t12-/m0/s1. The van der Waals surface area contributed by atoms with Crippen LogP contribution in [0.15, 0.2) is 34.8 Å². The van der Waals surface area contributed by atoms with Crippen LogP contribution in [0.25, 0.3) is 6.08 Å². The molecule has 20 heavy (non-hydrogen) atoms. The minimum atomic E-state index is -0.821. The van der Waals surface area contributed by atoms with Gasteiger partial charge in [0.05, 0.1) is 5.92 Å². The zero-order valence-electron chi connectivity index (χ0n) is 11.0. The molecule has 1 aliphatic rings. The Kier molecular flexibility index (Phi) is 4.95. The van der Waals surface area contributed by atoms with Gasteiger partial charge in [0, 0.05) is 23.6 Å². The summed E-state index contributed by atoms with van der Waals surface area (Å²) in [7, 11) is 0. The van der Waals surface area contributed by atoms with Gasteiger partial charge in [-0.05, 0) is 36.6 Å². The van der Waals surface area contributed by atoms with Crippen LogP contribution < -0.4 is 0 Å². The van der Waals surface area contributed by atoms with Crippen molar-refractivity contribution in [2.24, 2.45) is 5.92 Å². The van der Waals surface area contributed by atoms with Gasteiger partial charge in [0.2, 0.25) is 5.91 Å². The molecule has 2 rings (SSSR count). The molecule has 1 aromatic rings. The number of likely N-dealkylation sites (tertiary alicyclic amines) is 1. The Morgan fingerprint density at radius 2 is 2.20 bits per heavy atom. The van der Waals surface area contributed by atoms with E-state index in [0.717, 1.165) is 16.5 Å². The molecule has 4 nitrogen and oxygen atoms in total. The van der Waals surface area contributed by atoms with Crippen LogP contribution in [0.4, 0.5) is 0 Å². The molecule has 5 heteroatoms. The molecule has 0 spiro atoms. The Morgan fingerprint density at radius 3 is 2.90 bits per heavy atom. The zero-order chi connectivity index (χ0) is 14.5. The number of carboxylic acid groups (broad SMARTS) is 1. The molecule has 1 heterocycles. The third kappa shape index (κ3) is 3.93. The largest absolute Gasteiger partial charge is 0.481 e. The third-order valence-electron chi connectivity index (χ3n) is 3.35. The lowest BCUT2D eigenvalue weighted by Crippen LogP contribution is -2.41. The van der Waals surface area contributed by atoms with Gasteiger partial charge in [-0.15, -0.1) is 0 Å². The molecule has 0 bridgehead atoms. The van der Waals surface area contributed by atoms with E-state index in [0.29, 0.717) is 19.5 Å². The van der Waals surface area contributed by atoms with Gasteiger partial charge in [-0.25, -0.2) is 0 Å². The molecule has 1 aliphatic heterocycles. The second-order valence-electron chi connectivity index (χ2n) is 4.85. The predicted molar refractivity (Wildman–Crippen MR) is 80.1 cm³/mol. The molecule has 0 radical (unpaired) electrons. The van der Waals surface area contributed by atoms with Crippen LogP contribution in [0.2, 0.25) is 0 Å². The van der Waals surface area contributed by atoms with Gasteiger partial charge in [0.25, 0.3) is 0 Å². The van der Waals surface area contributed by atoms with Crippen molar-refractivity contribution in [2.45, 2.75) is 12.8 Å². The van der Waals surface area contributed by atoms with E-state index in [-0.39, 0.29) is 5.91 Å². The van der Waals surface area contributed by atoms with E-state index in [1.54, 1.807) is 11.0 Å². The number of rotatable bonds is 3. The van der Waals surface area contributed by atoms with Crippen LogP contribution >= 0.6 is 15.9 Å². The lowest BCUT2D eigenvalue weighted by atomic mass is 9.98.